The Labute approximate surface area is 230 Å². The van der Waals surface area contributed by atoms with Crippen molar-refractivity contribution in [3.63, 3.8) is 0 Å². The van der Waals surface area contributed by atoms with Gasteiger partial charge in [0.2, 0.25) is 0 Å². The van der Waals surface area contributed by atoms with Crippen molar-refractivity contribution in [2.45, 2.75) is 11.8 Å². The van der Waals surface area contributed by atoms with E-state index in [1.807, 2.05) is 6.07 Å². The smallest absolute Gasteiger partial charge is 0.296 e. The third-order valence-corrected chi connectivity index (χ3v) is 8.14. The number of anilines is 1. The number of fused-ring (bicyclic) bond motifs is 1. The highest BCUT2D eigenvalue weighted by molar-refractivity contribution is 7.92. The highest BCUT2D eigenvalue weighted by Gasteiger charge is 2.33. The van der Waals surface area contributed by atoms with Crippen LogP contribution >= 0.6 is 0 Å². The zero-order chi connectivity index (χ0) is 28.3. The van der Waals surface area contributed by atoms with Gasteiger partial charge in [-0.3, -0.25) is 14.3 Å². The number of hydrazone groups is 1. The highest BCUT2D eigenvalue weighted by Crippen LogP contribution is 2.32. The summed E-state index contributed by atoms with van der Waals surface area (Å²) in [5.74, 6) is 0.323. The lowest BCUT2D eigenvalue weighted by molar-refractivity contribution is -0.119. The normalized spacial score (nSPS) is 12.8. The minimum Gasteiger partial charge on any atom is -0.486 e. The van der Waals surface area contributed by atoms with Crippen molar-refractivity contribution in [1.82, 2.24) is 14.8 Å². The first-order valence-electron chi connectivity index (χ1n) is 12.4. The van der Waals surface area contributed by atoms with E-state index in [1.54, 1.807) is 79.3 Å². The van der Waals surface area contributed by atoms with Crippen LogP contribution in [0.3, 0.4) is 0 Å². The molecule has 0 unspecified atom stereocenters. The van der Waals surface area contributed by atoms with Crippen LogP contribution in [0.1, 0.15) is 11.3 Å². The fraction of sp³-hybridized carbons (Fsp3) is 0.179. The minimum atomic E-state index is -4.31. The number of sulfonamides is 1. The lowest BCUT2D eigenvalue weighted by Gasteiger charge is -2.22. The van der Waals surface area contributed by atoms with E-state index >= 15 is 0 Å². The zero-order valence-corrected chi connectivity index (χ0v) is 22.7. The predicted octanol–water partition coefficient (Wildman–Crippen LogP) is 2.60. The average molecular weight is 562 g/mol. The van der Waals surface area contributed by atoms with Crippen LogP contribution in [0.4, 0.5) is 5.69 Å². The molecule has 206 valence electrons. The molecule has 1 aromatic heterocycles. The number of aromatic nitrogens is 2. The Morgan fingerprint density at radius 2 is 1.68 bits per heavy atom. The number of carbonyl (C=O) groups excluding carboxylic acids is 1. The Balaban J connectivity index is 1.49. The molecule has 5 rings (SSSR count). The van der Waals surface area contributed by atoms with Gasteiger partial charge >= 0.3 is 0 Å². The molecule has 1 amide bonds. The molecule has 0 saturated heterocycles. The third kappa shape index (κ3) is 5.08. The summed E-state index contributed by atoms with van der Waals surface area (Å²) >= 11 is 0. The van der Waals surface area contributed by atoms with Crippen LogP contribution in [0.15, 0.2) is 93.7 Å². The van der Waals surface area contributed by atoms with E-state index < -0.39 is 28.0 Å². The lowest BCUT2D eigenvalue weighted by Crippen LogP contribution is -2.42. The number of benzene rings is 3. The van der Waals surface area contributed by atoms with Crippen LogP contribution < -0.4 is 24.8 Å². The molecule has 2 heterocycles. The first-order chi connectivity index (χ1) is 19.3. The molecule has 4 aromatic rings. The molecule has 3 aromatic carbocycles. The number of hydrogen-bond donors (Lipinski definition) is 1. The Morgan fingerprint density at radius 1 is 1.00 bits per heavy atom. The maximum absolute atomic E-state index is 13.8. The molecule has 40 heavy (non-hydrogen) atoms. The van der Waals surface area contributed by atoms with E-state index in [0.717, 1.165) is 4.31 Å². The summed E-state index contributed by atoms with van der Waals surface area (Å²) in [6, 6.07) is 21.7. The fourth-order valence-corrected chi connectivity index (χ4v) is 5.88. The van der Waals surface area contributed by atoms with E-state index in [0.29, 0.717) is 41.7 Å². The van der Waals surface area contributed by atoms with Crippen LogP contribution in [-0.2, 0) is 21.9 Å². The first kappa shape index (κ1) is 26.8. The summed E-state index contributed by atoms with van der Waals surface area (Å²) in [5, 5.41) is 4.00. The second-order valence-corrected chi connectivity index (χ2v) is 10.8. The number of amides is 1. The van der Waals surface area contributed by atoms with Gasteiger partial charge in [0.05, 0.1) is 22.5 Å². The summed E-state index contributed by atoms with van der Waals surface area (Å²) in [4.78, 5) is 26.7. The number of rotatable bonds is 8. The zero-order valence-electron chi connectivity index (χ0n) is 21.9. The fourth-order valence-electron chi connectivity index (χ4n) is 4.38. The van der Waals surface area contributed by atoms with Gasteiger partial charge in [0.15, 0.2) is 11.5 Å². The second kappa shape index (κ2) is 11.1. The van der Waals surface area contributed by atoms with E-state index in [4.69, 9.17) is 9.47 Å². The topological polar surface area (TPSA) is 124 Å². The minimum absolute atomic E-state index is 0.0618. The quantitative estimate of drug-likeness (QED) is 0.261. The molecule has 12 heteroatoms. The van der Waals surface area contributed by atoms with E-state index in [9.17, 15) is 18.0 Å². The molecule has 0 aliphatic carbocycles. The summed E-state index contributed by atoms with van der Waals surface area (Å²) in [5.41, 5.74) is 3.12. The summed E-state index contributed by atoms with van der Waals surface area (Å²) in [6.07, 6.45) is 1.39. The van der Waals surface area contributed by atoms with E-state index in [1.165, 1.54) is 23.0 Å². The number of ether oxygens (including phenoxy) is 2. The van der Waals surface area contributed by atoms with Crippen LogP contribution in [0.2, 0.25) is 0 Å². The second-order valence-electron chi connectivity index (χ2n) is 8.90. The summed E-state index contributed by atoms with van der Waals surface area (Å²) in [6.45, 7) is 1.75. The van der Waals surface area contributed by atoms with Crippen molar-refractivity contribution < 1.29 is 22.7 Å². The van der Waals surface area contributed by atoms with Gasteiger partial charge in [0, 0.05) is 12.6 Å². The molecule has 0 fully saturated rings. The average Bonchev–Trinajstić information content (AvgIpc) is 3.19. The van der Waals surface area contributed by atoms with Crippen molar-refractivity contribution >= 4 is 27.8 Å². The van der Waals surface area contributed by atoms with Gasteiger partial charge in [-0.15, -0.1) is 0 Å². The van der Waals surface area contributed by atoms with Gasteiger partial charge in [0.1, 0.15) is 25.4 Å². The van der Waals surface area contributed by atoms with Crippen LogP contribution in [0.25, 0.3) is 5.69 Å². The molecular weight excluding hydrogens is 534 g/mol. The van der Waals surface area contributed by atoms with Crippen molar-refractivity contribution in [1.29, 1.82) is 0 Å². The van der Waals surface area contributed by atoms with Crippen molar-refractivity contribution in [3.05, 3.63) is 100 Å². The summed E-state index contributed by atoms with van der Waals surface area (Å²) < 4.78 is 42.6. The predicted molar refractivity (Wildman–Crippen MR) is 150 cm³/mol. The number of para-hydroxylation sites is 2. The van der Waals surface area contributed by atoms with Crippen LogP contribution in [0.5, 0.6) is 11.5 Å². The number of nitrogens with one attached hydrogen (secondary N) is 1. The number of hydrogen-bond acceptors (Lipinski definition) is 7. The molecule has 0 spiro atoms. The number of nitrogens with zero attached hydrogens (tertiary/aromatic N) is 4. The molecular formula is C28H27N5O6S. The highest BCUT2D eigenvalue weighted by atomic mass is 32.2. The van der Waals surface area contributed by atoms with Gasteiger partial charge in [-0.25, -0.2) is 22.8 Å². The SMILES string of the molecule is Cc1c(N(CC(=O)N/N=C\c2cccc3c2OCCO3)S(=O)(=O)c2ccccc2)c(=O)n(-c2ccccc2)n1C. The van der Waals surface area contributed by atoms with Gasteiger partial charge < -0.3 is 9.47 Å². The molecule has 0 atom stereocenters. The monoisotopic (exact) mass is 561 g/mol. The molecule has 0 radical (unpaired) electrons. The van der Waals surface area contributed by atoms with Gasteiger partial charge in [0.25, 0.3) is 21.5 Å². The molecule has 0 saturated carbocycles. The standard InChI is InChI=1S/C28H27N5O6S/c1-20-26(28(35)33(31(20)2)22-11-5-3-6-12-22)32(40(36,37)23-13-7-4-8-14-23)19-25(34)30-29-18-21-10-9-15-24-27(21)39-17-16-38-24/h3-15,18H,16-17,19H2,1-2H3,(H,30,34)/b29-18-. The van der Waals surface area contributed by atoms with E-state index in [-0.39, 0.29) is 10.6 Å². The molecule has 1 aliphatic rings. The Morgan fingerprint density at radius 3 is 2.40 bits per heavy atom. The number of carbonyl (C=O) groups is 1. The lowest BCUT2D eigenvalue weighted by atomic mass is 10.2. The van der Waals surface area contributed by atoms with Crippen molar-refractivity contribution in [2.24, 2.45) is 12.1 Å². The Hall–Kier alpha value is -4.84. The molecule has 1 N–H and O–H groups in total. The van der Waals surface area contributed by atoms with Crippen LogP contribution in [0, 0.1) is 6.92 Å². The van der Waals surface area contributed by atoms with Gasteiger partial charge in [-0.05, 0) is 43.3 Å². The van der Waals surface area contributed by atoms with E-state index in [2.05, 4.69) is 10.5 Å². The largest absolute Gasteiger partial charge is 0.486 e. The Bertz CT molecular complexity index is 1730. The first-order valence-corrected chi connectivity index (χ1v) is 13.9. The van der Waals surface area contributed by atoms with Crippen LogP contribution in [-0.4, -0.2) is 49.7 Å². The Kier molecular flexibility index (Phi) is 7.43. The van der Waals surface area contributed by atoms with Crippen molar-refractivity contribution in [3.8, 4) is 17.2 Å². The molecule has 0 bridgehead atoms. The van der Waals surface area contributed by atoms with Gasteiger partial charge in [-0.2, -0.15) is 5.10 Å². The summed E-state index contributed by atoms with van der Waals surface area (Å²) in [7, 11) is -2.66. The van der Waals surface area contributed by atoms with Gasteiger partial charge in [-0.1, -0.05) is 42.5 Å². The maximum atomic E-state index is 13.8. The molecule has 1 aliphatic heterocycles. The maximum Gasteiger partial charge on any atom is 0.296 e. The molecule has 11 nitrogen and oxygen atoms in total. The van der Waals surface area contributed by atoms with Crippen molar-refractivity contribution in [2.75, 3.05) is 24.1 Å². The third-order valence-electron chi connectivity index (χ3n) is 6.38.